The average molecular weight is 502 g/mol. The van der Waals surface area contributed by atoms with Crippen molar-refractivity contribution in [1.29, 1.82) is 0 Å². The molecule has 0 saturated carbocycles. The van der Waals surface area contributed by atoms with Crippen molar-refractivity contribution >= 4 is 28.9 Å². The Hall–Kier alpha value is -3.31. The molecule has 5 N–H and O–H groups in total. The molecule has 1 amide bonds. The number of esters is 1. The first-order valence-electron chi connectivity index (χ1n) is 12.0. The Kier molecular flexibility index (Phi) is 8.00. The first-order chi connectivity index (χ1) is 17.3. The van der Waals surface area contributed by atoms with Crippen molar-refractivity contribution in [2.45, 2.75) is 51.2 Å². The number of nitrogens with one attached hydrogen (secondary N) is 1. The number of nitrogens with zero attached hydrogens (tertiary/aromatic N) is 5. The summed E-state index contributed by atoms with van der Waals surface area (Å²) >= 11 is 0. The van der Waals surface area contributed by atoms with Gasteiger partial charge in [-0.05, 0) is 45.7 Å². The summed E-state index contributed by atoms with van der Waals surface area (Å²) in [5.74, 6) is 5.48. The van der Waals surface area contributed by atoms with Crippen LogP contribution in [0.3, 0.4) is 0 Å². The number of ether oxygens (including phenoxy) is 2. The molecule has 36 heavy (non-hydrogen) atoms. The van der Waals surface area contributed by atoms with Gasteiger partial charge < -0.3 is 30.7 Å². The highest BCUT2D eigenvalue weighted by Gasteiger charge is 2.47. The zero-order chi connectivity index (χ0) is 25.8. The molecular weight excluding hydrogens is 470 g/mol. The predicted molar refractivity (Wildman–Crippen MR) is 127 cm³/mol. The van der Waals surface area contributed by atoms with Crippen LogP contribution in [0.4, 0.5) is 5.82 Å². The number of aliphatic hydroxyl groups excluding tert-OH is 2. The van der Waals surface area contributed by atoms with E-state index in [-0.39, 0.29) is 34.7 Å². The summed E-state index contributed by atoms with van der Waals surface area (Å²) in [6, 6.07) is 0. The second-order valence-electron chi connectivity index (χ2n) is 8.68. The van der Waals surface area contributed by atoms with Crippen LogP contribution in [0, 0.1) is 17.8 Å². The Morgan fingerprint density at radius 1 is 1.25 bits per heavy atom. The number of likely N-dealkylation sites (tertiary alicyclic amines) is 1. The number of imidazole rings is 1. The fraction of sp³-hybridized carbons (Fsp3) is 0.609. The summed E-state index contributed by atoms with van der Waals surface area (Å²) in [5.41, 5.74) is 6.61. The molecule has 0 bridgehead atoms. The van der Waals surface area contributed by atoms with Crippen LogP contribution in [0.1, 0.15) is 38.7 Å². The number of rotatable bonds is 6. The number of piperidine rings is 1. The third kappa shape index (κ3) is 5.26. The van der Waals surface area contributed by atoms with E-state index < -0.39 is 30.4 Å². The summed E-state index contributed by atoms with van der Waals surface area (Å²) in [6.07, 6.45) is -2.35. The second kappa shape index (κ2) is 11.2. The lowest BCUT2D eigenvalue weighted by molar-refractivity contribution is -0.149. The Labute approximate surface area is 208 Å². The summed E-state index contributed by atoms with van der Waals surface area (Å²) in [5, 5.41) is 23.5. The van der Waals surface area contributed by atoms with Gasteiger partial charge in [0, 0.05) is 6.54 Å². The Morgan fingerprint density at radius 3 is 2.69 bits per heavy atom. The number of carbonyl (C=O) groups is 2. The molecule has 2 aromatic heterocycles. The van der Waals surface area contributed by atoms with Crippen LogP contribution in [-0.2, 0) is 19.1 Å². The van der Waals surface area contributed by atoms with E-state index in [2.05, 4.69) is 37.0 Å². The van der Waals surface area contributed by atoms with E-state index in [1.165, 1.54) is 10.9 Å². The molecule has 4 atom stereocenters. The molecule has 0 spiro atoms. The van der Waals surface area contributed by atoms with Gasteiger partial charge in [-0.3, -0.25) is 19.1 Å². The molecule has 13 heteroatoms. The van der Waals surface area contributed by atoms with E-state index in [0.29, 0.717) is 19.7 Å². The number of likely N-dealkylation sites (N-methyl/N-ethyl adjacent to an activating group) is 1. The van der Waals surface area contributed by atoms with Crippen LogP contribution in [0.5, 0.6) is 0 Å². The molecule has 2 saturated heterocycles. The van der Waals surface area contributed by atoms with Crippen molar-refractivity contribution < 1.29 is 29.3 Å². The third-order valence-corrected chi connectivity index (χ3v) is 6.28. The van der Waals surface area contributed by atoms with Crippen molar-refractivity contribution in [3.63, 3.8) is 0 Å². The van der Waals surface area contributed by atoms with Gasteiger partial charge in [0.05, 0.1) is 25.4 Å². The normalized spacial score (nSPS) is 24.9. The fourth-order valence-electron chi connectivity index (χ4n) is 4.38. The number of carbonyl (C=O) groups excluding carboxylic acids is 2. The smallest absolute Gasteiger partial charge is 0.309 e. The molecule has 13 nitrogen and oxygen atoms in total. The highest BCUT2D eigenvalue weighted by Crippen LogP contribution is 2.32. The zero-order valence-electron chi connectivity index (χ0n) is 20.3. The maximum Gasteiger partial charge on any atom is 0.309 e. The number of hydrogen-bond donors (Lipinski definition) is 4. The molecule has 0 radical (unpaired) electrons. The van der Waals surface area contributed by atoms with E-state index in [1.807, 2.05) is 0 Å². The van der Waals surface area contributed by atoms with Crippen molar-refractivity contribution in [2.75, 3.05) is 38.5 Å². The SMILES string of the molecule is CCNC(=O)C1OC(n2cnc3c(N)nc(C#CCN4CCC(C(=O)OCC)CC4)nc32)C(O)C1O. The van der Waals surface area contributed by atoms with Gasteiger partial charge in [-0.15, -0.1) is 0 Å². The number of aliphatic hydroxyl groups is 2. The highest BCUT2D eigenvalue weighted by molar-refractivity contribution is 5.83. The van der Waals surface area contributed by atoms with Crippen LogP contribution < -0.4 is 11.1 Å². The van der Waals surface area contributed by atoms with Crippen molar-refractivity contribution in [2.24, 2.45) is 5.92 Å². The molecule has 0 aromatic carbocycles. The van der Waals surface area contributed by atoms with E-state index >= 15 is 0 Å². The maximum atomic E-state index is 12.2. The van der Waals surface area contributed by atoms with E-state index in [0.717, 1.165) is 25.9 Å². The molecule has 2 aliphatic heterocycles. The third-order valence-electron chi connectivity index (χ3n) is 6.28. The van der Waals surface area contributed by atoms with Gasteiger partial charge >= 0.3 is 5.97 Å². The predicted octanol–water partition coefficient (Wildman–Crippen LogP) is -1.21. The average Bonchev–Trinajstić information content (AvgIpc) is 3.41. The first-order valence-corrected chi connectivity index (χ1v) is 12.0. The molecular formula is C23H31N7O6. The minimum Gasteiger partial charge on any atom is -0.466 e. The standard InChI is InChI=1S/C23H31N7O6/c1-3-25-21(33)18-16(31)17(32)22(36-18)30-12-26-15-19(24)27-14(28-20(15)30)6-5-9-29-10-7-13(8-11-29)23(34)35-4-2/h12-13,16-18,22,31-32H,3-4,7-11H2,1-2H3,(H,25,33)(H2,24,27,28). The Morgan fingerprint density at radius 2 is 2.00 bits per heavy atom. The largest absolute Gasteiger partial charge is 0.466 e. The Balaban J connectivity index is 1.47. The number of amides is 1. The molecule has 2 aliphatic rings. The summed E-state index contributed by atoms with van der Waals surface area (Å²) in [4.78, 5) is 39.1. The minimum atomic E-state index is -1.43. The van der Waals surface area contributed by atoms with Gasteiger partial charge in [0.2, 0.25) is 5.82 Å². The molecule has 4 unspecified atom stereocenters. The number of fused-ring (bicyclic) bond motifs is 1. The number of anilines is 1. The van der Waals surface area contributed by atoms with Gasteiger partial charge in [0.1, 0.15) is 17.7 Å². The highest BCUT2D eigenvalue weighted by atomic mass is 16.6. The van der Waals surface area contributed by atoms with Crippen molar-refractivity contribution in [3.8, 4) is 11.8 Å². The lowest BCUT2D eigenvalue weighted by Gasteiger charge is -2.29. The molecule has 4 heterocycles. The molecule has 4 rings (SSSR count). The summed E-state index contributed by atoms with van der Waals surface area (Å²) in [7, 11) is 0. The zero-order valence-corrected chi connectivity index (χ0v) is 20.3. The van der Waals surface area contributed by atoms with Gasteiger partial charge in [-0.1, -0.05) is 5.92 Å². The van der Waals surface area contributed by atoms with Crippen LogP contribution in [0.2, 0.25) is 0 Å². The van der Waals surface area contributed by atoms with Gasteiger partial charge in [-0.25, -0.2) is 15.0 Å². The maximum absolute atomic E-state index is 12.2. The summed E-state index contributed by atoms with van der Waals surface area (Å²) < 4.78 is 12.2. The molecule has 0 aliphatic carbocycles. The van der Waals surface area contributed by atoms with Crippen molar-refractivity contribution in [1.82, 2.24) is 29.7 Å². The second-order valence-corrected chi connectivity index (χ2v) is 8.68. The van der Waals surface area contributed by atoms with Crippen molar-refractivity contribution in [3.05, 3.63) is 12.2 Å². The topological polar surface area (TPSA) is 178 Å². The Bertz CT molecular complexity index is 1170. The quantitative estimate of drug-likeness (QED) is 0.276. The number of nitrogen functional groups attached to an aromatic ring is 1. The number of nitrogens with two attached hydrogens (primary N) is 1. The number of aromatic nitrogens is 4. The molecule has 2 fully saturated rings. The number of hydrogen-bond acceptors (Lipinski definition) is 11. The monoisotopic (exact) mass is 501 g/mol. The van der Waals surface area contributed by atoms with Gasteiger partial charge in [0.15, 0.2) is 23.8 Å². The summed E-state index contributed by atoms with van der Waals surface area (Å²) in [6.45, 7) is 6.23. The molecule has 2 aromatic rings. The van der Waals surface area contributed by atoms with Crippen LogP contribution in [0.25, 0.3) is 11.2 Å². The molecule has 194 valence electrons. The first kappa shape index (κ1) is 25.8. The van der Waals surface area contributed by atoms with Crippen LogP contribution in [-0.4, -0.2) is 97.6 Å². The minimum absolute atomic E-state index is 0.0701. The fourth-order valence-corrected chi connectivity index (χ4v) is 4.38. The lowest BCUT2D eigenvalue weighted by atomic mass is 9.97. The van der Waals surface area contributed by atoms with Gasteiger partial charge in [-0.2, -0.15) is 0 Å². The lowest BCUT2D eigenvalue weighted by Crippen LogP contribution is -2.42. The van der Waals surface area contributed by atoms with E-state index in [9.17, 15) is 19.8 Å². The van der Waals surface area contributed by atoms with Crippen LogP contribution in [0.15, 0.2) is 6.33 Å². The van der Waals surface area contributed by atoms with Gasteiger partial charge in [0.25, 0.3) is 5.91 Å². The van der Waals surface area contributed by atoms with Crippen LogP contribution >= 0.6 is 0 Å². The van der Waals surface area contributed by atoms with E-state index in [1.54, 1.807) is 13.8 Å². The van der Waals surface area contributed by atoms with E-state index in [4.69, 9.17) is 15.2 Å².